The molecule has 1 N–H and O–H groups in total. The van der Waals surface area contributed by atoms with Crippen LogP contribution in [-0.2, 0) is 19.6 Å². The molecule has 0 saturated heterocycles. The van der Waals surface area contributed by atoms with Crippen LogP contribution in [0, 0.1) is 0 Å². The van der Waals surface area contributed by atoms with Gasteiger partial charge < -0.3 is 9.47 Å². The van der Waals surface area contributed by atoms with Crippen LogP contribution in [0.4, 0.5) is 0 Å². The fourth-order valence-electron chi connectivity index (χ4n) is 2.19. The fourth-order valence-corrected chi connectivity index (χ4v) is 3.49. The Morgan fingerprint density at radius 1 is 1.04 bits per heavy atom. The highest BCUT2D eigenvalue weighted by atomic mass is 79.9. The maximum Gasteiger partial charge on any atom is 0.307 e. The molecule has 0 spiro atoms. The van der Waals surface area contributed by atoms with E-state index in [0.717, 1.165) is 4.47 Å². The Morgan fingerprint density at radius 3 is 2.29 bits per heavy atom. The highest BCUT2D eigenvalue weighted by Gasteiger charge is 2.15. The van der Waals surface area contributed by atoms with Gasteiger partial charge in [0.05, 0.1) is 17.9 Å². The number of ketones is 1. The number of esters is 1. The molecule has 0 aliphatic carbocycles. The van der Waals surface area contributed by atoms with Crippen LogP contribution >= 0.6 is 15.9 Å². The summed E-state index contributed by atoms with van der Waals surface area (Å²) < 4.78 is 37.7. The number of hydrogen-bond donors (Lipinski definition) is 1. The lowest BCUT2D eigenvalue weighted by atomic mass is 10.1. The van der Waals surface area contributed by atoms with Crippen LogP contribution in [0.15, 0.2) is 57.9 Å². The Morgan fingerprint density at radius 2 is 1.68 bits per heavy atom. The van der Waals surface area contributed by atoms with E-state index >= 15 is 0 Å². The number of sulfonamides is 1. The van der Waals surface area contributed by atoms with E-state index in [1.54, 1.807) is 36.4 Å². The Kier molecular flexibility index (Phi) is 8.16. The summed E-state index contributed by atoms with van der Waals surface area (Å²) >= 11 is 3.27. The summed E-state index contributed by atoms with van der Waals surface area (Å²) in [6.07, 6.45) is -0.191. The summed E-state index contributed by atoms with van der Waals surface area (Å²) in [5.74, 6) is -0.434. The van der Waals surface area contributed by atoms with Gasteiger partial charge in [-0.15, -0.1) is 0 Å². The van der Waals surface area contributed by atoms with Gasteiger partial charge in [0.2, 0.25) is 10.0 Å². The third-order valence-electron chi connectivity index (χ3n) is 3.60. The zero-order valence-electron chi connectivity index (χ0n) is 15.2. The first-order chi connectivity index (χ1) is 13.3. The number of benzene rings is 2. The van der Waals surface area contributed by atoms with Crippen molar-refractivity contribution in [3.63, 3.8) is 0 Å². The smallest absolute Gasteiger partial charge is 0.307 e. The molecule has 0 fully saturated rings. The van der Waals surface area contributed by atoms with Gasteiger partial charge >= 0.3 is 5.97 Å². The van der Waals surface area contributed by atoms with Crippen LogP contribution in [0.25, 0.3) is 0 Å². The lowest BCUT2D eigenvalue weighted by Crippen LogP contribution is -2.27. The number of rotatable bonds is 10. The second-order valence-electron chi connectivity index (χ2n) is 5.64. The molecular weight excluding hydrogens is 450 g/mol. The molecule has 2 aromatic rings. The van der Waals surface area contributed by atoms with Crippen LogP contribution in [0.5, 0.6) is 5.75 Å². The van der Waals surface area contributed by atoms with E-state index in [2.05, 4.69) is 20.7 Å². The van der Waals surface area contributed by atoms with E-state index in [-0.39, 0.29) is 23.6 Å². The molecule has 0 saturated carbocycles. The Labute approximate surface area is 172 Å². The number of Topliss-reactive ketones (excluding diaryl/α,β-unsaturated/α-hetero) is 1. The number of halogens is 1. The van der Waals surface area contributed by atoms with Crippen LogP contribution in [0.1, 0.15) is 23.7 Å². The highest BCUT2D eigenvalue weighted by molar-refractivity contribution is 9.10. The van der Waals surface area contributed by atoms with E-state index in [1.807, 2.05) is 6.92 Å². The van der Waals surface area contributed by atoms with Gasteiger partial charge in [0, 0.05) is 16.6 Å². The average molecular weight is 470 g/mol. The van der Waals surface area contributed by atoms with Gasteiger partial charge in [-0.25, -0.2) is 13.1 Å². The van der Waals surface area contributed by atoms with Gasteiger partial charge in [0.25, 0.3) is 0 Å². The van der Waals surface area contributed by atoms with Crippen molar-refractivity contribution in [2.24, 2.45) is 0 Å². The van der Waals surface area contributed by atoms with Crippen molar-refractivity contribution in [3.8, 4) is 5.75 Å². The maximum absolute atomic E-state index is 12.2. The first kappa shape index (κ1) is 22.1. The lowest BCUT2D eigenvalue weighted by Gasteiger charge is -2.08. The third kappa shape index (κ3) is 6.74. The molecule has 0 radical (unpaired) electrons. The normalized spacial score (nSPS) is 11.1. The zero-order chi connectivity index (χ0) is 20.6. The first-order valence-corrected chi connectivity index (χ1v) is 10.8. The molecule has 0 unspecified atom stereocenters. The van der Waals surface area contributed by atoms with Crippen molar-refractivity contribution in [1.82, 2.24) is 4.72 Å². The zero-order valence-corrected chi connectivity index (χ0v) is 17.6. The maximum atomic E-state index is 12.2. The molecule has 28 heavy (non-hydrogen) atoms. The summed E-state index contributed by atoms with van der Waals surface area (Å²) in [4.78, 5) is 23.7. The van der Waals surface area contributed by atoms with Crippen molar-refractivity contribution >= 4 is 37.7 Å². The fraction of sp³-hybridized carbons (Fsp3) is 0.263. The number of carbonyl (C=O) groups is 2. The molecule has 0 amide bonds. The predicted octanol–water partition coefficient (Wildman–Crippen LogP) is 2.94. The molecule has 0 aromatic heterocycles. The van der Waals surface area contributed by atoms with Crippen molar-refractivity contribution in [1.29, 1.82) is 0 Å². The van der Waals surface area contributed by atoms with Gasteiger partial charge in [-0.1, -0.05) is 28.1 Å². The van der Waals surface area contributed by atoms with Crippen LogP contribution in [0.3, 0.4) is 0 Å². The second-order valence-corrected chi connectivity index (χ2v) is 8.33. The minimum Gasteiger partial charge on any atom is -0.494 e. The van der Waals surface area contributed by atoms with E-state index in [1.165, 1.54) is 12.1 Å². The van der Waals surface area contributed by atoms with Crippen LogP contribution in [0.2, 0.25) is 0 Å². The van der Waals surface area contributed by atoms with Crippen molar-refractivity contribution < 1.29 is 27.5 Å². The topological polar surface area (TPSA) is 98.8 Å². The molecule has 0 bridgehead atoms. The highest BCUT2D eigenvalue weighted by Crippen LogP contribution is 2.16. The summed E-state index contributed by atoms with van der Waals surface area (Å²) in [6.45, 7) is 1.78. The van der Waals surface area contributed by atoms with Gasteiger partial charge in [0.15, 0.2) is 12.4 Å². The second kappa shape index (κ2) is 10.4. The molecule has 0 aliphatic heterocycles. The summed E-state index contributed by atoms with van der Waals surface area (Å²) in [6, 6.07) is 12.6. The van der Waals surface area contributed by atoms with Crippen molar-refractivity contribution in [2.45, 2.75) is 18.2 Å². The largest absolute Gasteiger partial charge is 0.494 e. The van der Waals surface area contributed by atoms with Gasteiger partial charge in [-0.3, -0.25) is 9.59 Å². The first-order valence-electron chi connectivity index (χ1n) is 8.48. The minimum absolute atomic E-state index is 0.0646. The van der Waals surface area contributed by atoms with E-state index in [9.17, 15) is 18.0 Å². The SMILES string of the molecule is CCOc1ccc(S(=O)(=O)NCCC(=O)OCC(=O)c2ccc(Br)cc2)cc1. The number of carbonyl (C=O) groups excluding carboxylic acids is 2. The molecule has 2 aromatic carbocycles. The number of ether oxygens (including phenoxy) is 2. The standard InChI is InChI=1S/C19H20BrNO6S/c1-2-26-16-7-9-17(10-8-16)28(24,25)21-12-11-19(23)27-13-18(22)14-3-5-15(20)6-4-14/h3-10,21H,2,11-13H2,1H3. The van der Waals surface area contributed by atoms with E-state index < -0.39 is 22.6 Å². The molecule has 150 valence electrons. The third-order valence-corrected chi connectivity index (χ3v) is 5.60. The molecule has 9 heteroatoms. The quantitative estimate of drug-likeness (QED) is 0.424. The Hall–Kier alpha value is -2.23. The van der Waals surface area contributed by atoms with Crippen LogP contribution < -0.4 is 9.46 Å². The molecule has 0 atom stereocenters. The molecule has 2 rings (SSSR count). The molecule has 0 aliphatic rings. The van der Waals surface area contributed by atoms with Gasteiger partial charge in [-0.2, -0.15) is 0 Å². The van der Waals surface area contributed by atoms with Crippen molar-refractivity contribution in [3.05, 3.63) is 58.6 Å². The van der Waals surface area contributed by atoms with Gasteiger partial charge in [0.1, 0.15) is 5.75 Å². The number of hydrogen-bond acceptors (Lipinski definition) is 6. The van der Waals surface area contributed by atoms with E-state index in [0.29, 0.717) is 17.9 Å². The Balaban J connectivity index is 1.77. The number of nitrogens with one attached hydrogen (secondary N) is 1. The van der Waals surface area contributed by atoms with Crippen molar-refractivity contribution in [2.75, 3.05) is 19.8 Å². The van der Waals surface area contributed by atoms with Gasteiger partial charge in [-0.05, 0) is 43.3 Å². The monoisotopic (exact) mass is 469 g/mol. The summed E-state index contributed by atoms with van der Waals surface area (Å²) in [7, 11) is -3.75. The van der Waals surface area contributed by atoms with E-state index in [4.69, 9.17) is 9.47 Å². The lowest BCUT2D eigenvalue weighted by molar-refractivity contribution is -0.142. The summed E-state index contributed by atoms with van der Waals surface area (Å²) in [5, 5.41) is 0. The van der Waals surface area contributed by atoms with Crippen LogP contribution in [-0.4, -0.2) is 39.9 Å². The molecule has 0 heterocycles. The summed E-state index contributed by atoms with van der Waals surface area (Å²) in [5.41, 5.74) is 0.423. The minimum atomic E-state index is -3.75. The average Bonchev–Trinajstić information content (AvgIpc) is 2.67. The molecule has 7 nitrogen and oxygen atoms in total. The predicted molar refractivity (Wildman–Crippen MR) is 107 cm³/mol. The molecular formula is C19H20BrNO6S. The Bertz CT molecular complexity index is 910.